The van der Waals surface area contributed by atoms with Crippen LogP contribution in [0.1, 0.15) is 12.5 Å². The van der Waals surface area contributed by atoms with Crippen LogP contribution in [0.15, 0.2) is 58.5 Å². The van der Waals surface area contributed by atoms with Crippen molar-refractivity contribution in [1.82, 2.24) is 19.4 Å². The lowest BCUT2D eigenvalue weighted by molar-refractivity contribution is -0.137. The SMILES string of the molecule is CCN1CCN(C(=O)CSc2nc3ccccc3c(=O)n2-c2cccc(C(F)(F)F)c2)CC1. The zero-order valence-corrected chi connectivity index (χ0v) is 18.8. The molecule has 0 atom stereocenters. The maximum atomic E-state index is 13.3. The first kappa shape index (κ1) is 23.3. The Hall–Kier alpha value is -2.85. The number of hydrogen-bond donors (Lipinski definition) is 0. The van der Waals surface area contributed by atoms with Crippen molar-refractivity contribution >= 4 is 28.6 Å². The number of hydrogen-bond acceptors (Lipinski definition) is 5. The van der Waals surface area contributed by atoms with Gasteiger partial charge in [-0.05, 0) is 36.9 Å². The van der Waals surface area contributed by atoms with Gasteiger partial charge in [0.2, 0.25) is 5.91 Å². The molecule has 1 amide bonds. The number of benzene rings is 2. The first-order chi connectivity index (χ1) is 15.8. The second-order valence-electron chi connectivity index (χ2n) is 7.70. The van der Waals surface area contributed by atoms with E-state index in [-0.39, 0.29) is 22.5 Å². The number of thioether (sulfide) groups is 1. The van der Waals surface area contributed by atoms with Gasteiger partial charge in [-0.25, -0.2) is 4.98 Å². The molecule has 2 aromatic carbocycles. The maximum absolute atomic E-state index is 13.3. The fourth-order valence-electron chi connectivity index (χ4n) is 3.79. The number of alkyl halides is 3. The number of piperazine rings is 1. The molecule has 2 heterocycles. The van der Waals surface area contributed by atoms with Gasteiger partial charge < -0.3 is 9.80 Å². The minimum absolute atomic E-state index is 0.0376. The number of likely N-dealkylation sites (N-methyl/N-ethyl adjacent to an activating group) is 1. The van der Waals surface area contributed by atoms with Crippen molar-refractivity contribution in [3.05, 3.63) is 64.4 Å². The van der Waals surface area contributed by atoms with E-state index in [0.29, 0.717) is 24.0 Å². The van der Waals surface area contributed by atoms with Crippen molar-refractivity contribution in [1.29, 1.82) is 0 Å². The van der Waals surface area contributed by atoms with Crippen molar-refractivity contribution in [2.45, 2.75) is 18.3 Å². The smallest absolute Gasteiger partial charge is 0.339 e. The molecule has 33 heavy (non-hydrogen) atoms. The van der Waals surface area contributed by atoms with E-state index in [4.69, 9.17) is 0 Å². The van der Waals surface area contributed by atoms with Crippen LogP contribution in [0.4, 0.5) is 13.2 Å². The number of carbonyl (C=O) groups is 1. The molecule has 3 aromatic rings. The Labute approximate surface area is 193 Å². The summed E-state index contributed by atoms with van der Waals surface area (Å²) in [6.45, 7) is 5.86. The Morgan fingerprint density at radius 1 is 1.06 bits per heavy atom. The van der Waals surface area contributed by atoms with E-state index < -0.39 is 17.3 Å². The van der Waals surface area contributed by atoms with Crippen LogP contribution in [-0.4, -0.2) is 63.7 Å². The average molecular weight is 477 g/mol. The van der Waals surface area contributed by atoms with E-state index in [1.165, 1.54) is 12.1 Å². The predicted octanol–water partition coefficient (Wildman–Crippen LogP) is 3.66. The summed E-state index contributed by atoms with van der Waals surface area (Å²) in [7, 11) is 0. The zero-order valence-electron chi connectivity index (χ0n) is 18.0. The molecule has 0 aliphatic carbocycles. The minimum atomic E-state index is -4.55. The number of rotatable bonds is 5. The number of nitrogens with zero attached hydrogens (tertiary/aromatic N) is 4. The highest BCUT2D eigenvalue weighted by molar-refractivity contribution is 7.99. The normalized spacial score (nSPS) is 15.2. The van der Waals surface area contributed by atoms with Gasteiger partial charge in [0, 0.05) is 26.2 Å². The molecule has 0 unspecified atom stereocenters. The summed E-state index contributed by atoms with van der Waals surface area (Å²) in [5.74, 6) is -0.0516. The maximum Gasteiger partial charge on any atom is 0.416 e. The van der Waals surface area contributed by atoms with E-state index in [9.17, 15) is 22.8 Å². The molecule has 0 spiro atoms. The van der Waals surface area contributed by atoms with Crippen molar-refractivity contribution in [3.8, 4) is 5.69 Å². The summed E-state index contributed by atoms with van der Waals surface area (Å²) >= 11 is 1.06. The van der Waals surface area contributed by atoms with Crippen LogP contribution in [0.3, 0.4) is 0 Å². The minimum Gasteiger partial charge on any atom is -0.339 e. The van der Waals surface area contributed by atoms with Gasteiger partial charge in [0.05, 0.1) is 27.9 Å². The molecule has 6 nitrogen and oxygen atoms in total. The lowest BCUT2D eigenvalue weighted by Crippen LogP contribution is -2.49. The third-order valence-corrected chi connectivity index (χ3v) is 6.60. The summed E-state index contributed by atoms with van der Waals surface area (Å²) in [6, 6.07) is 11.2. The standard InChI is InChI=1S/C23H23F3N4O2S/c1-2-28-10-12-29(13-11-28)20(31)15-33-22-27-19-9-4-3-8-18(19)21(32)30(22)17-7-5-6-16(14-17)23(24,25)26/h3-9,14H,2,10-13,15H2,1H3. The van der Waals surface area contributed by atoms with E-state index in [1.807, 2.05) is 0 Å². The second kappa shape index (κ2) is 9.56. The van der Waals surface area contributed by atoms with Crippen LogP contribution in [0.25, 0.3) is 16.6 Å². The van der Waals surface area contributed by atoms with Gasteiger partial charge in [-0.2, -0.15) is 13.2 Å². The van der Waals surface area contributed by atoms with Crippen LogP contribution >= 0.6 is 11.8 Å². The van der Waals surface area contributed by atoms with Gasteiger partial charge in [-0.1, -0.05) is 36.9 Å². The molecule has 1 fully saturated rings. The number of para-hydroxylation sites is 1. The molecule has 1 aliphatic heterocycles. The van der Waals surface area contributed by atoms with Crippen molar-refractivity contribution in [2.24, 2.45) is 0 Å². The van der Waals surface area contributed by atoms with Gasteiger partial charge in [-0.3, -0.25) is 14.2 Å². The van der Waals surface area contributed by atoms with Gasteiger partial charge >= 0.3 is 6.18 Å². The summed E-state index contributed by atoms with van der Waals surface area (Å²) in [4.78, 5) is 34.6. The number of carbonyl (C=O) groups excluding carboxylic acids is 1. The molecule has 0 saturated carbocycles. The van der Waals surface area contributed by atoms with Gasteiger partial charge in [0.15, 0.2) is 5.16 Å². The summed E-state index contributed by atoms with van der Waals surface area (Å²) in [5, 5.41) is 0.472. The Morgan fingerprint density at radius 2 is 1.79 bits per heavy atom. The quantitative estimate of drug-likeness (QED) is 0.416. The number of aromatic nitrogens is 2. The molecule has 1 aromatic heterocycles. The third-order valence-electron chi connectivity index (χ3n) is 5.67. The highest BCUT2D eigenvalue weighted by Crippen LogP contribution is 2.31. The van der Waals surface area contributed by atoms with E-state index in [1.54, 1.807) is 29.2 Å². The van der Waals surface area contributed by atoms with E-state index in [0.717, 1.165) is 48.1 Å². The molecular weight excluding hydrogens is 453 g/mol. The molecule has 0 N–H and O–H groups in total. The summed E-state index contributed by atoms with van der Waals surface area (Å²) in [6.07, 6.45) is -4.55. The van der Waals surface area contributed by atoms with Crippen LogP contribution in [0.5, 0.6) is 0 Å². The molecular formula is C23H23F3N4O2S. The van der Waals surface area contributed by atoms with Crippen molar-refractivity contribution in [2.75, 3.05) is 38.5 Å². The molecule has 0 radical (unpaired) electrons. The predicted molar refractivity (Wildman–Crippen MR) is 122 cm³/mol. The first-order valence-corrected chi connectivity index (χ1v) is 11.6. The molecule has 1 aliphatic rings. The molecule has 0 bridgehead atoms. The van der Waals surface area contributed by atoms with Crippen LogP contribution in [0, 0.1) is 0 Å². The van der Waals surface area contributed by atoms with Crippen molar-refractivity contribution in [3.63, 3.8) is 0 Å². The fraction of sp³-hybridized carbons (Fsp3) is 0.348. The van der Waals surface area contributed by atoms with Gasteiger partial charge in [0.1, 0.15) is 0 Å². The highest BCUT2D eigenvalue weighted by Gasteiger charge is 2.31. The fourth-order valence-corrected chi connectivity index (χ4v) is 4.70. The number of amides is 1. The van der Waals surface area contributed by atoms with E-state index >= 15 is 0 Å². The lowest BCUT2D eigenvalue weighted by atomic mass is 10.2. The molecule has 1 saturated heterocycles. The molecule has 10 heteroatoms. The Kier molecular flexibility index (Phi) is 6.76. The van der Waals surface area contributed by atoms with Crippen LogP contribution < -0.4 is 5.56 Å². The monoisotopic (exact) mass is 476 g/mol. The lowest BCUT2D eigenvalue weighted by Gasteiger charge is -2.34. The van der Waals surface area contributed by atoms with Crippen LogP contribution in [-0.2, 0) is 11.0 Å². The van der Waals surface area contributed by atoms with Gasteiger partial charge in [-0.15, -0.1) is 0 Å². The first-order valence-electron chi connectivity index (χ1n) is 10.6. The number of halogens is 3. The largest absolute Gasteiger partial charge is 0.416 e. The average Bonchev–Trinajstić information content (AvgIpc) is 2.82. The summed E-state index contributed by atoms with van der Waals surface area (Å²) < 4.78 is 41.0. The highest BCUT2D eigenvalue weighted by atomic mass is 32.2. The Bertz CT molecular complexity index is 1220. The third kappa shape index (κ3) is 5.06. The molecule has 174 valence electrons. The summed E-state index contributed by atoms with van der Waals surface area (Å²) in [5.41, 5.74) is -0.857. The topological polar surface area (TPSA) is 58.4 Å². The molecule has 4 rings (SSSR count). The Morgan fingerprint density at radius 3 is 2.48 bits per heavy atom. The number of fused-ring (bicyclic) bond motifs is 1. The van der Waals surface area contributed by atoms with Crippen molar-refractivity contribution < 1.29 is 18.0 Å². The van der Waals surface area contributed by atoms with Crippen LogP contribution in [0.2, 0.25) is 0 Å². The van der Waals surface area contributed by atoms with E-state index in [2.05, 4.69) is 16.8 Å². The zero-order chi connectivity index (χ0) is 23.6. The second-order valence-corrected chi connectivity index (χ2v) is 8.65. The Balaban J connectivity index is 1.68. The van der Waals surface area contributed by atoms with Gasteiger partial charge in [0.25, 0.3) is 5.56 Å².